The van der Waals surface area contributed by atoms with Crippen molar-refractivity contribution >= 4 is 11.9 Å². The zero-order valence-electron chi connectivity index (χ0n) is 12.1. The molecule has 0 aromatic carbocycles. The molecule has 0 unspecified atom stereocenters. The Morgan fingerprint density at radius 1 is 1.20 bits per heavy atom. The van der Waals surface area contributed by atoms with Crippen LogP contribution in [-0.2, 0) is 14.3 Å². The highest BCUT2D eigenvalue weighted by molar-refractivity contribution is 5.79. The standard InChI is InChI=1S/C14H24N2O4/c1-15(12-4-8-20-9-5-12)10-13(17)16-6-2-11(3-7-16)14(18)19/h11-12H,2-10H2,1H3,(H,18,19). The van der Waals surface area contributed by atoms with E-state index in [-0.39, 0.29) is 11.8 Å². The number of carbonyl (C=O) groups is 2. The van der Waals surface area contributed by atoms with Gasteiger partial charge < -0.3 is 14.7 Å². The van der Waals surface area contributed by atoms with Gasteiger partial charge in [0.15, 0.2) is 0 Å². The van der Waals surface area contributed by atoms with Gasteiger partial charge in [-0.05, 0) is 32.7 Å². The maximum Gasteiger partial charge on any atom is 0.306 e. The highest BCUT2D eigenvalue weighted by Crippen LogP contribution is 2.18. The average Bonchev–Trinajstić information content (AvgIpc) is 2.48. The zero-order chi connectivity index (χ0) is 14.5. The van der Waals surface area contributed by atoms with Gasteiger partial charge in [0.1, 0.15) is 0 Å². The van der Waals surface area contributed by atoms with Crippen LogP contribution in [0.15, 0.2) is 0 Å². The fourth-order valence-electron chi connectivity index (χ4n) is 2.94. The quantitative estimate of drug-likeness (QED) is 0.810. The third-order valence-electron chi connectivity index (χ3n) is 4.40. The summed E-state index contributed by atoms with van der Waals surface area (Å²) in [7, 11) is 1.98. The molecule has 0 aliphatic carbocycles. The van der Waals surface area contributed by atoms with Gasteiger partial charge in [-0.3, -0.25) is 14.5 Å². The van der Waals surface area contributed by atoms with Crippen LogP contribution >= 0.6 is 0 Å². The van der Waals surface area contributed by atoms with Crippen molar-refractivity contribution in [1.29, 1.82) is 0 Å². The SMILES string of the molecule is CN(CC(=O)N1CCC(C(=O)O)CC1)C1CCOCC1. The predicted octanol–water partition coefficient (Wildman–Crippen LogP) is 0.420. The van der Waals surface area contributed by atoms with Gasteiger partial charge >= 0.3 is 5.97 Å². The van der Waals surface area contributed by atoms with E-state index in [2.05, 4.69) is 4.90 Å². The summed E-state index contributed by atoms with van der Waals surface area (Å²) in [5.41, 5.74) is 0. The van der Waals surface area contributed by atoms with Crippen LogP contribution in [0.25, 0.3) is 0 Å². The number of nitrogens with zero attached hydrogens (tertiary/aromatic N) is 2. The summed E-state index contributed by atoms with van der Waals surface area (Å²) < 4.78 is 5.33. The molecule has 0 atom stereocenters. The Kier molecular flexibility index (Phi) is 5.37. The molecule has 1 N–H and O–H groups in total. The van der Waals surface area contributed by atoms with Gasteiger partial charge in [0, 0.05) is 32.3 Å². The molecule has 2 rings (SSSR count). The van der Waals surface area contributed by atoms with E-state index >= 15 is 0 Å². The Balaban J connectivity index is 1.76. The van der Waals surface area contributed by atoms with E-state index in [9.17, 15) is 9.59 Å². The molecule has 20 heavy (non-hydrogen) atoms. The maximum absolute atomic E-state index is 12.2. The summed E-state index contributed by atoms with van der Waals surface area (Å²) >= 11 is 0. The molecular weight excluding hydrogens is 260 g/mol. The van der Waals surface area contributed by atoms with Gasteiger partial charge in [-0.25, -0.2) is 0 Å². The normalized spacial score (nSPS) is 22.2. The number of likely N-dealkylation sites (N-methyl/N-ethyl adjacent to an activating group) is 1. The van der Waals surface area contributed by atoms with E-state index in [0.29, 0.717) is 38.5 Å². The van der Waals surface area contributed by atoms with E-state index in [1.54, 1.807) is 4.90 Å². The molecule has 0 spiro atoms. The fraction of sp³-hybridized carbons (Fsp3) is 0.857. The number of aliphatic carboxylic acids is 1. The van der Waals surface area contributed by atoms with E-state index in [1.807, 2.05) is 7.05 Å². The highest BCUT2D eigenvalue weighted by Gasteiger charge is 2.28. The smallest absolute Gasteiger partial charge is 0.306 e. The second-order valence-electron chi connectivity index (χ2n) is 5.75. The van der Waals surface area contributed by atoms with Gasteiger partial charge in [0.25, 0.3) is 0 Å². The number of carboxylic acid groups (broad SMARTS) is 1. The maximum atomic E-state index is 12.2. The van der Waals surface area contributed by atoms with Crippen molar-refractivity contribution in [2.45, 2.75) is 31.7 Å². The molecule has 6 nitrogen and oxygen atoms in total. The molecule has 2 heterocycles. The number of piperidine rings is 1. The third-order valence-corrected chi connectivity index (χ3v) is 4.40. The van der Waals surface area contributed by atoms with Crippen molar-refractivity contribution in [3.63, 3.8) is 0 Å². The predicted molar refractivity (Wildman–Crippen MR) is 73.4 cm³/mol. The van der Waals surface area contributed by atoms with Crippen molar-refractivity contribution < 1.29 is 19.4 Å². The second kappa shape index (κ2) is 7.04. The van der Waals surface area contributed by atoms with Crippen LogP contribution in [0.1, 0.15) is 25.7 Å². The number of amides is 1. The van der Waals surface area contributed by atoms with Gasteiger partial charge in [-0.2, -0.15) is 0 Å². The molecule has 6 heteroatoms. The van der Waals surface area contributed by atoms with Crippen LogP contribution in [0.5, 0.6) is 0 Å². The van der Waals surface area contributed by atoms with Crippen LogP contribution in [-0.4, -0.2) is 72.7 Å². The van der Waals surface area contributed by atoms with Gasteiger partial charge in [0.05, 0.1) is 12.5 Å². The molecule has 0 aromatic rings. The van der Waals surface area contributed by atoms with Crippen molar-refractivity contribution in [2.24, 2.45) is 5.92 Å². The fourth-order valence-corrected chi connectivity index (χ4v) is 2.94. The van der Waals surface area contributed by atoms with Gasteiger partial charge in [-0.15, -0.1) is 0 Å². The first-order valence-corrected chi connectivity index (χ1v) is 7.36. The first kappa shape index (κ1) is 15.3. The van der Waals surface area contributed by atoms with Crippen LogP contribution in [0.3, 0.4) is 0 Å². The van der Waals surface area contributed by atoms with Crippen LogP contribution in [0.2, 0.25) is 0 Å². The number of ether oxygens (including phenoxy) is 1. The van der Waals surface area contributed by atoms with E-state index in [0.717, 1.165) is 26.1 Å². The molecule has 2 saturated heterocycles. The van der Waals surface area contributed by atoms with Gasteiger partial charge in [-0.1, -0.05) is 0 Å². The summed E-state index contributed by atoms with van der Waals surface area (Å²) in [6, 6.07) is 0.421. The number of carbonyl (C=O) groups excluding carboxylic acids is 1. The Bertz CT molecular complexity index is 347. The molecule has 2 aliphatic rings. The zero-order valence-corrected chi connectivity index (χ0v) is 12.1. The molecule has 114 valence electrons. The second-order valence-corrected chi connectivity index (χ2v) is 5.75. The van der Waals surface area contributed by atoms with Crippen LogP contribution in [0.4, 0.5) is 0 Å². The van der Waals surface area contributed by atoms with E-state index < -0.39 is 5.97 Å². The number of carboxylic acids is 1. The number of hydrogen-bond donors (Lipinski definition) is 1. The Labute approximate surface area is 119 Å². The number of hydrogen-bond acceptors (Lipinski definition) is 4. The lowest BCUT2D eigenvalue weighted by Gasteiger charge is -2.34. The molecule has 2 fully saturated rings. The van der Waals surface area contributed by atoms with Crippen molar-refractivity contribution in [3.05, 3.63) is 0 Å². The highest BCUT2D eigenvalue weighted by atomic mass is 16.5. The van der Waals surface area contributed by atoms with Crippen molar-refractivity contribution in [1.82, 2.24) is 9.80 Å². The van der Waals surface area contributed by atoms with Crippen LogP contribution < -0.4 is 0 Å². The first-order valence-electron chi connectivity index (χ1n) is 7.36. The molecule has 0 radical (unpaired) electrons. The lowest BCUT2D eigenvalue weighted by molar-refractivity contribution is -0.146. The van der Waals surface area contributed by atoms with Gasteiger partial charge in [0.2, 0.25) is 5.91 Å². The largest absolute Gasteiger partial charge is 0.481 e. The lowest BCUT2D eigenvalue weighted by Crippen LogP contribution is -2.47. The lowest BCUT2D eigenvalue weighted by atomic mass is 9.97. The average molecular weight is 284 g/mol. The number of likely N-dealkylation sites (tertiary alicyclic amines) is 1. The molecule has 0 aromatic heterocycles. The van der Waals surface area contributed by atoms with Crippen molar-refractivity contribution in [3.8, 4) is 0 Å². The van der Waals surface area contributed by atoms with E-state index in [1.165, 1.54) is 0 Å². The Morgan fingerprint density at radius 2 is 1.80 bits per heavy atom. The number of rotatable bonds is 4. The Morgan fingerprint density at radius 3 is 2.35 bits per heavy atom. The first-order chi connectivity index (χ1) is 9.58. The summed E-state index contributed by atoms with van der Waals surface area (Å²) in [5.74, 6) is -0.911. The topological polar surface area (TPSA) is 70.1 Å². The van der Waals surface area contributed by atoms with Crippen LogP contribution in [0, 0.1) is 5.92 Å². The summed E-state index contributed by atoms with van der Waals surface area (Å²) in [5, 5.41) is 8.96. The third kappa shape index (κ3) is 3.93. The molecular formula is C14H24N2O4. The minimum Gasteiger partial charge on any atom is -0.481 e. The summed E-state index contributed by atoms with van der Waals surface area (Å²) in [6.45, 7) is 3.09. The van der Waals surface area contributed by atoms with E-state index in [4.69, 9.17) is 9.84 Å². The molecule has 2 aliphatic heterocycles. The summed E-state index contributed by atoms with van der Waals surface area (Å²) in [6.07, 6.45) is 3.10. The molecule has 0 bridgehead atoms. The minimum absolute atomic E-state index is 0.114. The molecule has 1 amide bonds. The Hall–Kier alpha value is -1.14. The minimum atomic E-state index is -0.739. The summed E-state index contributed by atoms with van der Waals surface area (Å²) in [4.78, 5) is 27.0. The molecule has 0 saturated carbocycles. The monoisotopic (exact) mass is 284 g/mol. The van der Waals surface area contributed by atoms with Crippen molar-refractivity contribution in [2.75, 3.05) is 39.9 Å².